The Morgan fingerprint density at radius 2 is 2.10 bits per heavy atom. The molecule has 116 valence electrons. The van der Waals surface area contributed by atoms with Gasteiger partial charge in [-0.05, 0) is 32.4 Å². The highest BCUT2D eigenvalue weighted by Crippen LogP contribution is 2.16. The van der Waals surface area contributed by atoms with Gasteiger partial charge in [0.25, 0.3) is 0 Å². The minimum atomic E-state index is -0.0539. The second-order valence-electron chi connectivity index (χ2n) is 6.14. The van der Waals surface area contributed by atoms with Crippen LogP contribution in [-0.2, 0) is 11.3 Å². The minimum Gasteiger partial charge on any atom is -0.357 e. The normalized spacial score (nSPS) is 20.2. The highest BCUT2D eigenvalue weighted by molar-refractivity contribution is 5.81. The molecule has 2 heterocycles. The Morgan fingerprint density at radius 3 is 2.67 bits per heavy atom. The van der Waals surface area contributed by atoms with E-state index in [1.807, 2.05) is 27.2 Å². The van der Waals surface area contributed by atoms with Gasteiger partial charge in [-0.2, -0.15) is 0 Å². The van der Waals surface area contributed by atoms with Crippen molar-refractivity contribution in [3.8, 4) is 0 Å². The fourth-order valence-electron chi connectivity index (χ4n) is 2.49. The summed E-state index contributed by atoms with van der Waals surface area (Å²) in [4.78, 5) is 22.7. The zero-order valence-corrected chi connectivity index (χ0v) is 13.7. The van der Waals surface area contributed by atoms with Crippen molar-refractivity contribution >= 4 is 11.7 Å². The van der Waals surface area contributed by atoms with Crippen LogP contribution in [0, 0.1) is 0 Å². The van der Waals surface area contributed by atoms with Gasteiger partial charge < -0.3 is 9.80 Å². The first-order valence-electron chi connectivity index (χ1n) is 7.57. The maximum atomic E-state index is 12.0. The third-order valence-electron chi connectivity index (χ3n) is 4.33. The van der Waals surface area contributed by atoms with Crippen LogP contribution in [0.4, 0.5) is 5.82 Å². The Hall–Kier alpha value is -1.62. The fourth-order valence-corrected chi connectivity index (χ4v) is 2.49. The SMILES string of the molecule is CC(C)N(C)c1ccc(CN2CCN(C)C(=O)[C@@H]2C)cn1. The van der Waals surface area contributed by atoms with Crippen molar-refractivity contribution in [3.05, 3.63) is 23.9 Å². The molecule has 0 unspecified atom stereocenters. The van der Waals surface area contributed by atoms with E-state index in [9.17, 15) is 4.79 Å². The Kier molecular flexibility index (Phi) is 4.83. The van der Waals surface area contributed by atoms with Crippen LogP contribution in [0.25, 0.3) is 0 Å². The number of aromatic nitrogens is 1. The summed E-state index contributed by atoms with van der Waals surface area (Å²) < 4.78 is 0. The number of rotatable bonds is 4. The van der Waals surface area contributed by atoms with E-state index in [1.54, 1.807) is 4.90 Å². The molecular formula is C16H26N4O. The third kappa shape index (κ3) is 3.53. The molecule has 2 rings (SSSR count). The number of likely N-dealkylation sites (N-methyl/N-ethyl adjacent to an activating group) is 1. The molecule has 1 amide bonds. The maximum absolute atomic E-state index is 12.0. The van der Waals surface area contributed by atoms with E-state index >= 15 is 0 Å². The molecule has 1 aliphatic heterocycles. The summed E-state index contributed by atoms with van der Waals surface area (Å²) in [5.41, 5.74) is 1.15. The molecule has 5 heteroatoms. The lowest BCUT2D eigenvalue weighted by Gasteiger charge is -2.37. The summed E-state index contributed by atoms with van der Waals surface area (Å²) in [6.45, 7) is 8.76. The van der Waals surface area contributed by atoms with Gasteiger partial charge in [0.2, 0.25) is 5.91 Å². The largest absolute Gasteiger partial charge is 0.357 e. The van der Waals surface area contributed by atoms with Crippen molar-refractivity contribution in [1.82, 2.24) is 14.8 Å². The van der Waals surface area contributed by atoms with Crippen molar-refractivity contribution in [2.75, 3.05) is 32.1 Å². The molecule has 0 bridgehead atoms. The number of anilines is 1. The molecule has 21 heavy (non-hydrogen) atoms. The van der Waals surface area contributed by atoms with E-state index in [-0.39, 0.29) is 11.9 Å². The van der Waals surface area contributed by atoms with Crippen molar-refractivity contribution in [1.29, 1.82) is 0 Å². The summed E-state index contributed by atoms with van der Waals surface area (Å²) >= 11 is 0. The highest BCUT2D eigenvalue weighted by atomic mass is 16.2. The number of carbonyl (C=O) groups is 1. The summed E-state index contributed by atoms with van der Waals surface area (Å²) in [7, 11) is 3.92. The van der Waals surface area contributed by atoms with Crippen molar-refractivity contribution in [2.24, 2.45) is 0 Å². The summed E-state index contributed by atoms with van der Waals surface area (Å²) in [6.07, 6.45) is 1.92. The van der Waals surface area contributed by atoms with Gasteiger partial charge >= 0.3 is 0 Å². The van der Waals surface area contributed by atoms with Crippen LogP contribution in [0.5, 0.6) is 0 Å². The molecule has 0 aliphatic carbocycles. The van der Waals surface area contributed by atoms with Gasteiger partial charge in [-0.25, -0.2) is 4.98 Å². The molecule has 5 nitrogen and oxygen atoms in total. The standard InChI is InChI=1S/C16H26N4O/c1-12(2)19(5)15-7-6-14(10-17-15)11-20-9-8-18(4)16(21)13(20)3/h6-7,10,12-13H,8-9,11H2,1-5H3/t13-/m0/s1. The van der Waals surface area contributed by atoms with E-state index < -0.39 is 0 Å². The minimum absolute atomic E-state index is 0.0539. The van der Waals surface area contributed by atoms with Gasteiger partial charge in [0.1, 0.15) is 5.82 Å². The highest BCUT2D eigenvalue weighted by Gasteiger charge is 2.29. The number of piperazine rings is 1. The molecule has 0 radical (unpaired) electrons. The summed E-state index contributed by atoms with van der Waals surface area (Å²) in [6, 6.07) is 4.54. The van der Waals surface area contributed by atoms with Gasteiger partial charge in [0, 0.05) is 46.0 Å². The predicted octanol–water partition coefficient (Wildman–Crippen LogP) is 1.59. The van der Waals surface area contributed by atoms with Crippen LogP contribution in [0.15, 0.2) is 18.3 Å². The van der Waals surface area contributed by atoms with Gasteiger partial charge in [0.05, 0.1) is 6.04 Å². The van der Waals surface area contributed by atoms with E-state index in [2.05, 4.69) is 40.8 Å². The molecule has 0 aromatic carbocycles. The molecule has 0 saturated carbocycles. The van der Waals surface area contributed by atoms with Crippen LogP contribution in [-0.4, -0.2) is 60.0 Å². The Balaban J connectivity index is 2.02. The van der Waals surface area contributed by atoms with Crippen molar-refractivity contribution < 1.29 is 4.79 Å². The lowest BCUT2D eigenvalue weighted by atomic mass is 10.1. The van der Waals surface area contributed by atoms with Crippen molar-refractivity contribution in [2.45, 2.75) is 39.4 Å². The van der Waals surface area contributed by atoms with Gasteiger partial charge in [-0.15, -0.1) is 0 Å². The van der Waals surface area contributed by atoms with E-state index in [0.29, 0.717) is 6.04 Å². The van der Waals surface area contributed by atoms with Crippen LogP contribution < -0.4 is 4.90 Å². The van der Waals surface area contributed by atoms with Gasteiger partial charge in [-0.1, -0.05) is 6.07 Å². The number of amides is 1. The Labute approximate surface area is 127 Å². The quantitative estimate of drug-likeness (QED) is 0.844. The monoisotopic (exact) mass is 290 g/mol. The zero-order chi connectivity index (χ0) is 15.6. The topological polar surface area (TPSA) is 39.7 Å². The number of pyridine rings is 1. The fraction of sp³-hybridized carbons (Fsp3) is 0.625. The van der Waals surface area contributed by atoms with Crippen molar-refractivity contribution in [3.63, 3.8) is 0 Å². The first kappa shape index (κ1) is 15.8. The number of carbonyl (C=O) groups excluding carboxylic acids is 1. The van der Waals surface area contributed by atoms with Gasteiger partial charge in [0.15, 0.2) is 0 Å². The van der Waals surface area contributed by atoms with E-state index in [1.165, 1.54) is 0 Å². The number of hydrogen-bond acceptors (Lipinski definition) is 4. The molecule has 1 saturated heterocycles. The lowest BCUT2D eigenvalue weighted by molar-refractivity contribution is -0.139. The molecule has 1 aliphatic rings. The Morgan fingerprint density at radius 1 is 1.38 bits per heavy atom. The molecule has 1 aromatic rings. The molecule has 1 aromatic heterocycles. The van der Waals surface area contributed by atoms with E-state index in [0.717, 1.165) is 31.0 Å². The summed E-state index contributed by atoms with van der Waals surface area (Å²) in [5.74, 6) is 1.18. The molecule has 0 N–H and O–H groups in total. The first-order valence-corrected chi connectivity index (χ1v) is 7.57. The van der Waals surface area contributed by atoms with Crippen LogP contribution in [0.2, 0.25) is 0 Å². The second-order valence-corrected chi connectivity index (χ2v) is 6.14. The molecule has 1 fully saturated rings. The van der Waals surface area contributed by atoms with Crippen LogP contribution in [0.3, 0.4) is 0 Å². The second kappa shape index (κ2) is 6.43. The smallest absolute Gasteiger partial charge is 0.239 e. The average Bonchev–Trinajstić information content (AvgIpc) is 2.48. The number of nitrogens with zero attached hydrogens (tertiary/aromatic N) is 4. The first-order chi connectivity index (χ1) is 9.90. The average molecular weight is 290 g/mol. The Bertz CT molecular complexity index is 486. The van der Waals surface area contributed by atoms with Crippen LogP contribution in [0.1, 0.15) is 26.3 Å². The molecule has 1 atom stereocenters. The molecular weight excluding hydrogens is 264 g/mol. The lowest BCUT2D eigenvalue weighted by Crippen LogP contribution is -2.53. The van der Waals surface area contributed by atoms with Gasteiger partial charge in [-0.3, -0.25) is 9.69 Å². The maximum Gasteiger partial charge on any atom is 0.239 e. The summed E-state index contributed by atoms with van der Waals surface area (Å²) in [5, 5.41) is 0. The van der Waals surface area contributed by atoms with E-state index in [4.69, 9.17) is 0 Å². The molecule has 0 spiro atoms. The third-order valence-corrected chi connectivity index (χ3v) is 4.33. The number of hydrogen-bond donors (Lipinski definition) is 0. The zero-order valence-electron chi connectivity index (χ0n) is 13.7. The van der Waals surface area contributed by atoms with Crippen LogP contribution >= 0.6 is 0 Å². The predicted molar refractivity (Wildman–Crippen MR) is 85.3 cm³/mol.